The predicted molar refractivity (Wildman–Crippen MR) is 170 cm³/mol. The number of carbonyl (C=O) groups is 1. The fraction of sp³-hybridized carbons (Fsp3) is 0.382. The quantitative estimate of drug-likeness (QED) is 0.204. The Hall–Kier alpha value is -3.71. The number of carboxylic acids is 1. The fourth-order valence-corrected chi connectivity index (χ4v) is 7.19. The lowest BCUT2D eigenvalue weighted by Gasteiger charge is -2.31. The van der Waals surface area contributed by atoms with Gasteiger partial charge < -0.3 is 20.3 Å². The summed E-state index contributed by atoms with van der Waals surface area (Å²) in [7, 11) is -1.90. The van der Waals surface area contributed by atoms with E-state index in [0.29, 0.717) is 12.0 Å². The summed E-state index contributed by atoms with van der Waals surface area (Å²) in [5, 5.41) is 23.1. The Labute approximate surface area is 267 Å². The third-order valence-corrected chi connectivity index (χ3v) is 9.93. The lowest BCUT2D eigenvalue weighted by Crippen LogP contribution is -2.47. The van der Waals surface area contributed by atoms with Crippen LogP contribution in [-0.2, 0) is 33.8 Å². The SMILES string of the molecule is COc1ccc(-c2cc(C(F)(F)F)cc(S(=O)(=O)N(C)C[C@H](O)CNC(C)(C)CC3Cc4ccccc4C3)c2)cc1C=CC(=O)O. The molecule has 248 valence electrons. The average molecular weight is 661 g/mol. The van der Waals surface area contributed by atoms with Gasteiger partial charge in [-0.1, -0.05) is 30.3 Å². The first-order chi connectivity index (χ1) is 21.5. The number of alkyl halides is 3. The number of aliphatic hydroxyl groups excluding tert-OH is 1. The van der Waals surface area contributed by atoms with Crippen LogP contribution in [0.4, 0.5) is 13.2 Å². The number of rotatable bonds is 13. The molecule has 0 heterocycles. The molecule has 12 heteroatoms. The van der Waals surface area contributed by atoms with Crippen LogP contribution in [0.25, 0.3) is 17.2 Å². The number of hydrogen-bond donors (Lipinski definition) is 3. The van der Waals surface area contributed by atoms with Crippen LogP contribution in [0.15, 0.2) is 71.6 Å². The molecule has 0 saturated carbocycles. The van der Waals surface area contributed by atoms with Crippen molar-refractivity contribution in [1.29, 1.82) is 0 Å². The molecule has 3 aromatic rings. The molecule has 4 rings (SSSR count). The Kier molecular flexibility index (Phi) is 10.7. The summed E-state index contributed by atoms with van der Waals surface area (Å²) in [6, 6.07) is 15.2. The van der Waals surface area contributed by atoms with Crippen LogP contribution in [0, 0.1) is 5.92 Å². The number of aliphatic carboxylic acids is 1. The molecule has 0 radical (unpaired) electrons. The Morgan fingerprint density at radius 3 is 2.30 bits per heavy atom. The fourth-order valence-electron chi connectivity index (χ4n) is 5.91. The van der Waals surface area contributed by atoms with Crippen molar-refractivity contribution in [3.05, 3.63) is 89.0 Å². The third kappa shape index (κ3) is 8.75. The van der Waals surface area contributed by atoms with Gasteiger partial charge in [0.15, 0.2) is 0 Å². The molecule has 46 heavy (non-hydrogen) atoms. The largest absolute Gasteiger partial charge is 0.496 e. The number of nitrogens with one attached hydrogen (secondary N) is 1. The standard InChI is InChI=1S/C34H39F3N2O6S/c1-33(2,19-22-13-23-7-5-6-8-24(23)14-22)38-20-29(40)21-39(3)46(43,44)30-17-27(16-28(18-30)34(35,36)37)25-9-11-31(45-4)26(15-25)10-12-32(41)42/h5-12,15-18,22,29,38,40H,13-14,19-21H2,1-4H3,(H,41,42)/t29-/m1/s1. The highest BCUT2D eigenvalue weighted by molar-refractivity contribution is 7.89. The van der Waals surface area contributed by atoms with E-state index < -0.39 is 38.7 Å². The van der Waals surface area contributed by atoms with E-state index in [1.165, 1.54) is 49.6 Å². The molecule has 0 aliphatic heterocycles. The summed E-state index contributed by atoms with van der Waals surface area (Å²) >= 11 is 0. The zero-order valence-electron chi connectivity index (χ0n) is 26.1. The van der Waals surface area contributed by atoms with E-state index in [-0.39, 0.29) is 41.1 Å². The number of nitrogens with zero attached hydrogens (tertiary/aromatic N) is 1. The molecule has 3 N–H and O–H groups in total. The van der Waals surface area contributed by atoms with Crippen molar-refractivity contribution in [2.45, 2.75) is 55.8 Å². The monoisotopic (exact) mass is 660 g/mol. The van der Waals surface area contributed by atoms with Crippen LogP contribution in [-0.4, -0.2) is 67.8 Å². The smallest absolute Gasteiger partial charge is 0.416 e. The molecule has 1 aliphatic carbocycles. The molecular formula is C34H39F3N2O6S. The number of carboxylic acid groups (broad SMARTS) is 1. The van der Waals surface area contributed by atoms with Gasteiger partial charge in [-0.15, -0.1) is 0 Å². The van der Waals surface area contributed by atoms with Gasteiger partial charge in [0, 0.05) is 37.3 Å². The molecule has 0 fully saturated rings. The zero-order chi connectivity index (χ0) is 33.9. The second-order valence-electron chi connectivity index (χ2n) is 12.3. The van der Waals surface area contributed by atoms with Gasteiger partial charge >= 0.3 is 12.1 Å². The van der Waals surface area contributed by atoms with Gasteiger partial charge in [-0.05, 0) is 97.7 Å². The van der Waals surface area contributed by atoms with E-state index >= 15 is 0 Å². The van der Waals surface area contributed by atoms with E-state index in [1.54, 1.807) is 0 Å². The Balaban J connectivity index is 1.50. The number of β-amino-alcohol motifs (C(OH)–C–C–N with tert-alkyl or cyclic N) is 1. The average Bonchev–Trinajstić information content (AvgIpc) is 3.39. The number of methoxy groups -OCH3 is 1. The Morgan fingerprint density at radius 1 is 1.07 bits per heavy atom. The van der Waals surface area contributed by atoms with Crippen LogP contribution in [0.5, 0.6) is 5.75 Å². The van der Waals surface area contributed by atoms with Gasteiger partial charge in [0.2, 0.25) is 10.0 Å². The molecule has 0 spiro atoms. The Bertz CT molecular complexity index is 1680. The number of aliphatic hydroxyl groups is 1. The van der Waals surface area contributed by atoms with Gasteiger partial charge in [0.1, 0.15) is 5.75 Å². The highest BCUT2D eigenvalue weighted by Gasteiger charge is 2.34. The number of sulfonamides is 1. The molecule has 3 aromatic carbocycles. The normalized spacial score (nSPS) is 15.0. The molecule has 1 atom stereocenters. The van der Waals surface area contributed by atoms with Gasteiger partial charge in [-0.3, -0.25) is 0 Å². The maximum Gasteiger partial charge on any atom is 0.416 e. The molecule has 0 unspecified atom stereocenters. The van der Waals surface area contributed by atoms with Gasteiger partial charge in [-0.25, -0.2) is 13.2 Å². The third-order valence-electron chi connectivity index (χ3n) is 8.13. The summed E-state index contributed by atoms with van der Waals surface area (Å²) < 4.78 is 75.0. The second-order valence-corrected chi connectivity index (χ2v) is 14.4. The molecule has 0 saturated heterocycles. The lowest BCUT2D eigenvalue weighted by molar-refractivity contribution is -0.137. The van der Waals surface area contributed by atoms with Gasteiger partial charge in [0.25, 0.3) is 0 Å². The number of ether oxygens (including phenoxy) is 1. The summed E-state index contributed by atoms with van der Waals surface area (Å²) in [5.74, 6) is -0.520. The number of halogens is 3. The number of likely N-dealkylation sites (N-methyl/N-ethyl adjacent to an activating group) is 1. The summed E-state index contributed by atoms with van der Waals surface area (Å²) in [6.07, 6.45) is -1.11. The van der Waals surface area contributed by atoms with Crippen molar-refractivity contribution in [2.75, 3.05) is 27.2 Å². The van der Waals surface area contributed by atoms with E-state index in [0.717, 1.165) is 41.8 Å². The second kappa shape index (κ2) is 14.0. The van der Waals surface area contributed by atoms with Crippen molar-refractivity contribution >= 4 is 22.1 Å². The van der Waals surface area contributed by atoms with Crippen molar-refractivity contribution in [1.82, 2.24) is 9.62 Å². The molecule has 8 nitrogen and oxygen atoms in total. The van der Waals surface area contributed by atoms with Crippen LogP contribution in [0.2, 0.25) is 0 Å². The van der Waals surface area contributed by atoms with E-state index in [2.05, 4.69) is 17.4 Å². The highest BCUT2D eigenvalue weighted by atomic mass is 32.2. The zero-order valence-corrected chi connectivity index (χ0v) is 27.0. The minimum Gasteiger partial charge on any atom is -0.496 e. The molecular weight excluding hydrogens is 621 g/mol. The van der Waals surface area contributed by atoms with Gasteiger partial charge in [-0.2, -0.15) is 17.5 Å². The minimum atomic E-state index is -4.85. The van der Waals surface area contributed by atoms with Crippen molar-refractivity contribution in [3.8, 4) is 16.9 Å². The number of fused-ring (bicyclic) bond motifs is 1. The van der Waals surface area contributed by atoms with E-state index in [1.807, 2.05) is 26.0 Å². The van der Waals surface area contributed by atoms with E-state index in [9.17, 15) is 31.5 Å². The minimum absolute atomic E-state index is 0.0487. The van der Waals surface area contributed by atoms with Crippen molar-refractivity contribution in [3.63, 3.8) is 0 Å². The van der Waals surface area contributed by atoms with Crippen molar-refractivity contribution in [2.24, 2.45) is 5.92 Å². The van der Waals surface area contributed by atoms with Crippen LogP contribution >= 0.6 is 0 Å². The topological polar surface area (TPSA) is 116 Å². The Morgan fingerprint density at radius 2 is 1.72 bits per heavy atom. The first kappa shape index (κ1) is 35.1. The highest BCUT2D eigenvalue weighted by Crippen LogP contribution is 2.37. The summed E-state index contributed by atoms with van der Waals surface area (Å²) in [6.45, 7) is 3.78. The molecule has 0 amide bonds. The lowest BCUT2D eigenvalue weighted by atomic mass is 9.88. The van der Waals surface area contributed by atoms with Crippen LogP contribution in [0.3, 0.4) is 0 Å². The first-order valence-electron chi connectivity index (χ1n) is 14.8. The van der Waals surface area contributed by atoms with Crippen LogP contribution in [0.1, 0.15) is 42.5 Å². The summed E-state index contributed by atoms with van der Waals surface area (Å²) in [4.78, 5) is 10.4. The van der Waals surface area contributed by atoms with E-state index in [4.69, 9.17) is 9.84 Å². The maximum atomic E-state index is 14.0. The summed E-state index contributed by atoms with van der Waals surface area (Å²) in [5.41, 5.74) is 1.61. The number of hydrogen-bond acceptors (Lipinski definition) is 6. The molecule has 1 aliphatic rings. The van der Waals surface area contributed by atoms with Crippen LogP contribution < -0.4 is 10.1 Å². The number of benzene rings is 3. The molecule has 0 aromatic heterocycles. The van der Waals surface area contributed by atoms with Crippen molar-refractivity contribution < 1.29 is 41.3 Å². The molecule has 0 bridgehead atoms. The first-order valence-corrected chi connectivity index (χ1v) is 16.2. The maximum absolute atomic E-state index is 14.0. The predicted octanol–water partition coefficient (Wildman–Crippen LogP) is 5.63. The van der Waals surface area contributed by atoms with Gasteiger partial charge in [0.05, 0.1) is 23.7 Å².